The summed E-state index contributed by atoms with van der Waals surface area (Å²) in [6, 6.07) is -0.633. The van der Waals surface area contributed by atoms with Crippen LogP contribution in [-0.4, -0.2) is 81.1 Å². The standard InChI is InChI=1S/C8H17NO5/c10-3-5(8(14)4-11)9-1-6(12)7(13)2-9/h5-8,10-14H,1-4H2/t5-,6+,7+,8+/m1/s1. The molecule has 0 amide bonds. The van der Waals surface area contributed by atoms with Crippen molar-refractivity contribution in [3.8, 4) is 0 Å². The second-order valence-corrected chi connectivity index (χ2v) is 3.59. The lowest BCUT2D eigenvalue weighted by Gasteiger charge is -2.28. The number of aliphatic hydroxyl groups excluding tert-OH is 5. The molecular formula is C8H17NO5. The summed E-state index contributed by atoms with van der Waals surface area (Å²) in [4.78, 5) is 1.57. The smallest absolute Gasteiger partial charge is 0.0948 e. The predicted molar refractivity (Wildman–Crippen MR) is 47.6 cm³/mol. The van der Waals surface area contributed by atoms with Crippen LogP contribution in [-0.2, 0) is 0 Å². The third-order valence-electron chi connectivity index (χ3n) is 2.57. The van der Waals surface area contributed by atoms with Crippen molar-refractivity contribution in [1.29, 1.82) is 0 Å². The van der Waals surface area contributed by atoms with Gasteiger partial charge in [0.2, 0.25) is 0 Å². The average Bonchev–Trinajstić information content (AvgIpc) is 2.48. The van der Waals surface area contributed by atoms with Crippen molar-refractivity contribution < 1.29 is 25.5 Å². The Morgan fingerprint density at radius 3 is 1.93 bits per heavy atom. The normalized spacial score (nSPS) is 33.2. The molecule has 0 aromatic heterocycles. The molecule has 0 saturated carbocycles. The number of β-amino-alcohol motifs (C(OH)–C–C–N with tert-alkyl or cyclic N) is 2. The van der Waals surface area contributed by atoms with Gasteiger partial charge in [-0.25, -0.2) is 0 Å². The van der Waals surface area contributed by atoms with E-state index in [9.17, 15) is 15.3 Å². The van der Waals surface area contributed by atoms with Gasteiger partial charge in [0.05, 0.1) is 37.6 Å². The van der Waals surface area contributed by atoms with Crippen molar-refractivity contribution in [2.45, 2.75) is 24.4 Å². The Balaban J connectivity index is 2.54. The summed E-state index contributed by atoms with van der Waals surface area (Å²) in [5.74, 6) is 0. The van der Waals surface area contributed by atoms with Gasteiger partial charge in [-0.3, -0.25) is 4.90 Å². The molecule has 0 aromatic rings. The minimum atomic E-state index is -1.06. The number of hydrogen-bond donors (Lipinski definition) is 5. The van der Waals surface area contributed by atoms with Crippen LogP contribution in [0, 0.1) is 0 Å². The van der Waals surface area contributed by atoms with Crippen molar-refractivity contribution in [3.63, 3.8) is 0 Å². The van der Waals surface area contributed by atoms with Crippen LogP contribution in [0.2, 0.25) is 0 Å². The number of rotatable bonds is 4. The van der Waals surface area contributed by atoms with Crippen LogP contribution >= 0.6 is 0 Å². The van der Waals surface area contributed by atoms with E-state index in [0.29, 0.717) is 0 Å². The molecule has 1 aliphatic heterocycles. The van der Waals surface area contributed by atoms with Gasteiger partial charge in [-0.2, -0.15) is 0 Å². The molecule has 0 unspecified atom stereocenters. The Hall–Kier alpha value is -0.240. The van der Waals surface area contributed by atoms with Gasteiger partial charge in [0.25, 0.3) is 0 Å². The van der Waals surface area contributed by atoms with Crippen molar-refractivity contribution in [2.24, 2.45) is 0 Å². The summed E-state index contributed by atoms with van der Waals surface area (Å²) < 4.78 is 0. The summed E-state index contributed by atoms with van der Waals surface area (Å²) in [5.41, 5.74) is 0. The fourth-order valence-corrected chi connectivity index (χ4v) is 1.67. The Morgan fingerprint density at radius 1 is 1.07 bits per heavy atom. The van der Waals surface area contributed by atoms with E-state index in [2.05, 4.69) is 0 Å². The first-order valence-electron chi connectivity index (χ1n) is 4.60. The van der Waals surface area contributed by atoms with E-state index in [1.807, 2.05) is 0 Å². The molecule has 84 valence electrons. The van der Waals surface area contributed by atoms with Crippen molar-refractivity contribution in [1.82, 2.24) is 4.90 Å². The molecule has 0 aromatic carbocycles. The number of hydrogen-bond acceptors (Lipinski definition) is 6. The van der Waals surface area contributed by atoms with Gasteiger partial charge in [0, 0.05) is 13.1 Å². The third kappa shape index (κ3) is 2.41. The quantitative estimate of drug-likeness (QED) is 0.331. The molecule has 1 fully saturated rings. The Bertz CT molecular complexity index is 169. The van der Waals surface area contributed by atoms with Crippen LogP contribution in [0.4, 0.5) is 0 Å². The second-order valence-electron chi connectivity index (χ2n) is 3.59. The first-order valence-corrected chi connectivity index (χ1v) is 4.60. The highest BCUT2D eigenvalue weighted by atomic mass is 16.3. The molecule has 0 spiro atoms. The fraction of sp³-hybridized carbons (Fsp3) is 1.00. The van der Waals surface area contributed by atoms with Crippen molar-refractivity contribution in [3.05, 3.63) is 0 Å². The van der Waals surface area contributed by atoms with Crippen molar-refractivity contribution >= 4 is 0 Å². The zero-order valence-electron chi connectivity index (χ0n) is 7.82. The highest BCUT2D eigenvalue weighted by Gasteiger charge is 2.36. The van der Waals surface area contributed by atoms with E-state index in [-0.39, 0.29) is 19.7 Å². The lowest BCUT2D eigenvalue weighted by molar-refractivity contribution is -0.00926. The molecule has 1 rings (SSSR count). The second kappa shape index (κ2) is 5.01. The Labute approximate surface area is 82.0 Å². The molecule has 5 N–H and O–H groups in total. The van der Waals surface area contributed by atoms with Gasteiger partial charge in [-0.05, 0) is 0 Å². The number of aliphatic hydroxyl groups is 5. The lowest BCUT2D eigenvalue weighted by atomic mass is 10.1. The van der Waals surface area contributed by atoms with Gasteiger partial charge in [0.1, 0.15) is 0 Å². The maximum Gasteiger partial charge on any atom is 0.0948 e. The summed E-state index contributed by atoms with van der Waals surface area (Å²) in [5, 5.41) is 45.5. The first kappa shape index (κ1) is 11.8. The molecule has 1 aliphatic rings. The summed E-state index contributed by atoms with van der Waals surface area (Å²) in [6.07, 6.45) is -2.76. The lowest BCUT2D eigenvalue weighted by Crippen LogP contribution is -2.47. The number of likely N-dealkylation sites (tertiary alicyclic amines) is 1. The molecule has 0 aliphatic carbocycles. The molecule has 0 bridgehead atoms. The van der Waals surface area contributed by atoms with Crippen LogP contribution in [0.15, 0.2) is 0 Å². The summed E-state index contributed by atoms with van der Waals surface area (Å²) in [6.45, 7) is -0.373. The molecular weight excluding hydrogens is 190 g/mol. The molecule has 1 saturated heterocycles. The zero-order chi connectivity index (χ0) is 10.7. The maximum absolute atomic E-state index is 9.34. The molecule has 4 atom stereocenters. The molecule has 6 heteroatoms. The minimum Gasteiger partial charge on any atom is -0.395 e. The highest BCUT2D eigenvalue weighted by molar-refractivity contribution is 4.89. The number of nitrogens with zero attached hydrogens (tertiary/aromatic N) is 1. The Kier molecular flexibility index (Phi) is 4.24. The largest absolute Gasteiger partial charge is 0.395 e. The van der Waals surface area contributed by atoms with E-state index >= 15 is 0 Å². The Morgan fingerprint density at radius 2 is 1.57 bits per heavy atom. The fourth-order valence-electron chi connectivity index (χ4n) is 1.67. The van der Waals surface area contributed by atoms with E-state index in [0.717, 1.165) is 0 Å². The SMILES string of the molecule is OC[C@H]([C@@H](O)CO)N1C[C@H](O)[C@@H](O)C1. The zero-order valence-corrected chi connectivity index (χ0v) is 7.82. The minimum absolute atomic E-state index is 0.198. The molecule has 1 heterocycles. The van der Waals surface area contributed by atoms with E-state index < -0.39 is 31.0 Å². The monoisotopic (exact) mass is 207 g/mol. The third-order valence-corrected chi connectivity index (χ3v) is 2.57. The summed E-state index contributed by atoms with van der Waals surface area (Å²) >= 11 is 0. The van der Waals surface area contributed by atoms with E-state index in [4.69, 9.17) is 10.2 Å². The van der Waals surface area contributed by atoms with Crippen LogP contribution in [0.1, 0.15) is 0 Å². The molecule has 14 heavy (non-hydrogen) atoms. The van der Waals surface area contributed by atoms with Gasteiger partial charge in [-0.15, -0.1) is 0 Å². The first-order chi connectivity index (χ1) is 6.60. The van der Waals surface area contributed by atoms with Gasteiger partial charge >= 0.3 is 0 Å². The van der Waals surface area contributed by atoms with Crippen LogP contribution in [0.3, 0.4) is 0 Å². The summed E-state index contributed by atoms with van der Waals surface area (Å²) in [7, 11) is 0. The van der Waals surface area contributed by atoms with Gasteiger partial charge in [0.15, 0.2) is 0 Å². The van der Waals surface area contributed by atoms with Gasteiger partial charge in [-0.1, -0.05) is 0 Å². The molecule has 6 nitrogen and oxygen atoms in total. The van der Waals surface area contributed by atoms with Crippen molar-refractivity contribution in [2.75, 3.05) is 26.3 Å². The van der Waals surface area contributed by atoms with E-state index in [1.54, 1.807) is 4.90 Å². The van der Waals surface area contributed by atoms with Crippen LogP contribution in [0.5, 0.6) is 0 Å². The topological polar surface area (TPSA) is 104 Å². The van der Waals surface area contributed by atoms with Gasteiger partial charge < -0.3 is 25.5 Å². The predicted octanol–water partition coefficient (Wildman–Crippen LogP) is -3.26. The maximum atomic E-state index is 9.34. The van der Waals surface area contributed by atoms with Crippen LogP contribution in [0.25, 0.3) is 0 Å². The highest BCUT2D eigenvalue weighted by Crippen LogP contribution is 2.15. The van der Waals surface area contributed by atoms with Crippen LogP contribution < -0.4 is 0 Å². The van der Waals surface area contributed by atoms with E-state index in [1.165, 1.54) is 0 Å². The molecule has 0 radical (unpaired) electrons. The average molecular weight is 207 g/mol.